The summed E-state index contributed by atoms with van der Waals surface area (Å²) in [4.78, 5) is 24.8. The van der Waals surface area contributed by atoms with Crippen LogP contribution in [-0.4, -0.2) is 50.8 Å². The van der Waals surface area contributed by atoms with E-state index in [4.69, 9.17) is 4.74 Å². The van der Waals surface area contributed by atoms with Gasteiger partial charge in [-0.2, -0.15) is 4.31 Å². The first-order valence-corrected chi connectivity index (χ1v) is 12.7. The Kier molecular flexibility index (Phi) is 6.40. The molecule has 1 aromatic carbocycles. The molecule has 1 heterocycles. The summed E-state index contributed by atoms with van der Waals surface area (Å²) in [7, 11) is -2.61. The minimum atomic E-state index is -3.84. The van der Waals surface area contributed by atoms with E-state index in [9.17, 15) is 18.0 Å². The Balaban J connectivity index is 1.36. The van der Waals surface area contributed by atoms with Crippen molar-refractivity contribution in [1.29, 1.82) is 0 Å². The van der Waals surface area contributed by atoms with Crippen LogP contribution in [0.15, 0.2) is 29.2 Å². The Morgan fingerprint density at radius 1 is 1.10 bits per heavy atom. The number of benzene rings is 1. The maximum absolute atomic E-state index is 13.1. The normalized spacial score (nSPS) is 27.7. The fourth-order valence-corrected chi connectivity index (χ4v) is 7.47. The zero-order valence-corrected chi connectivity index (χ0v) is 19.1. The van der Waals surface area contributed by atoms with E-state index in [-0.39, 0.29) is 41.4 Å². The third-order valence-electron chi connectivity index (χ3n) is 7.54. The van der Waals surface area contributed by atoms with Gasteiger partial charge in [0.1, 0.15) is 0 Å². The van der Waals surface area contributed by atoms with Crippen molar-refractivity contribution in [2.75, 3.05) is 20.2 Å². The van der Waals surface area contributed by atoms with Crippen molar-refractivity contribution in [3.63, 3.8) is 0 Å². The molecule has 1 N–H and O–H groups in total. The summed E-state index contributed by atoms with van der Waals surface area (Å²) in [5.41, 5.74) is 0.0320. The van der Waals surface area contributed by atoms with Gasteiger partial charge in [-0.1, -0.05) is 18.6 Å². The van der Waals surface area contributed by atoms with Crippen LogP contribution in [0.25, 0.3) is 0 Å². The highest BCUT2D eigenvalue weighted by molar-refractivity contribution is 7.89. The van der Waals surface area contributed by atoms with E-state index in [1.807, 2.05) is 0 Å². The number of methoxy groups -OCH3 is 1. The lowest BCUT2D eigenvalue weighted by molar-refractivity contribution is -0.127. The van der Waals surface area contributed by atoms with Gasteiger partial charge in [0, 0.05) is 25.0 Å². The number of amides is 1. The fourth-order valence-electron chi connectivity index (χ4n) is 5.82. The fraction of sp³-hybridized carbons (Fsp3) is 0.652. The summed E-state index contributed by atoms with van der Waals surface area (Å²) in [6.07, 6.45) is 6.13. The number of nitrogens with zero attached hydrogens (tertiary/aromatic N) is 1. The number of carbonyl (C=O) groups is 2. The molecule has 1 amide bonds. The number of hydrogen-bond donors (Lipinski definition) is 1. The van der Waals surface area contributed by atoms with E-state index >= 15 is 0 Å². The van der Waals surface area contributed by atoms with Crippen molar-refractivity contribution in [3.05, 3.63) is 29.8 Å². The van der Waals surface area contributed by atoms with Gasteiger partial charge in [0.15, 0.2) is 0 Å². The molecule has 31 heavy (non-hydrogen) atoms. The van der Waals surface area contributed by atoms with Gasteiger partial charge in [0.05, 0.1) is 17.6 Å². The van der Waals surface area contributed by atoms with Gasteiger partial charge < -0.3 is 10.1 Å². The lowest BCUT2D eigenvalue weighted by atomic mass is 9.83. The minimum Gasteiger partial charge on any atom is -0.465 e. The summed E-state index contributed by atoms with van der Waals surface area (Å²) < 4.78 is 32.4. The number of carbonyl (C=O) groups excluding carboxylic acids is 2. The first kappa shape index (κ1) is 22.3. The van der Waals surface area contributed by atoms with Crippen LogP contribution in [0.5, 0.6) is 0 Å². The van der Waals surface area contributed by atoms with E-state index in [0.29, 0.717) is 18.8 Å². The highest BCUT2D eigenvalue weighted by Crippen LogP contribution is 2.49. The van der Waals surface area contributed by atoms with Gasteiger partial charge in [-0.25, -0.2) is 13.2 Å². The molecule has 1 aliphatic heterocycles. The van der Waals surface area contributed by atoms with E-state index in [1.54, 1.807) is 12.1 Å². The van der Waals surface area contributed by atoms with Crippen LogP contribution in [0.4, 0.5) is 0 Å². The number of nitrogens with one attached hydrogen (secondary N) is 1. The van der Waals surface area contributed by atoms with Gasteiger partial charge in [-0.3, -0.25) is 4.79 Å². The average molecular weight is 449 g/mol. The molecule has 0 spiro atoms. The monoisotopic (exact) mass is 448 g/mol. The predicted octanol–water partition coefficient (Wildman–Crippen LogP) is 2.81. The van der Waals surface area contributed by atoms with Gasteiger partial charge >= 0.3 is 5.97 Å². The lowest BCUT2D eigenvalue weighted by Gasteiger charge is -2.33. The minimum absolute atomic E-state index is 0.0320. The lowest BCUT2D eigenvalue weighted by Crippen LogP contribution is -2.47. The second-order valence-electron chi connectivity index (χ2n) is 9.30. The zero-order chi connectivity index (χ0) is 22.2. The van der Waals surface area contributed by atoms with Crippen molar-refractivity contribution in [3.8, 4) is 0 Å². The van der Waals surface area contributed by atoms with Crippen LogP contribution in [-0.2, 0) is 19.6 Å². The van der Waals surface area contributed by atoms with Crippen molar-refractivity contribution in [2.45, 2.75) is 56.4 Å². The third kappa shape index (κ3) is 4.37. The summed E-state index contributed by atoms with van der Waals surface area (Å²) in [6, 6.07) is 6.26. The molecule has 4 rings (SSSR count). The Morgan fingerprint density at radius 2 is 1.81 bits per heavy atom. The molecule has 0 unspecified atom stereocenters. The Morgan fingerprint density at radius 3 is 2.42 bits per heavy atom. The van der Waals surface area contributed by atoms with Crippen LogP contribution in [0.2, 0.25) is 0 Å². The molecular weight excluding hydrogens is 416 g/mol. The molecule has 170 valence electrons. The number of esters is 1. The molecule has 7 nitrogen and oxygen atoms in total. The van der Waals surface area contributed by atoms with E-state index in [2.05, 4.69) is 12.2 Å². The molecule has 0 aromatic heterocycles. The standard InChI is InChI=1S/C23H32N2O5S/c1-15(20-14-16-7-8-18(20)13-16)24-22(26)17-9-11-25(12-10-17)31(28,29)21-6-4-3-5-19(21)23(27)30-2/h3-6,15-18,20H,7-14H2,1-2H3,(H,24,26)/t15-,16-,18-,20+/m0/s1. The van der Waals surface area contributed by atoms with E-state index in [0.717, 1.165) is 11.8 Å². The van der Waals surface area contributed by atoms with Gasteiger partial charge in [0.2, 0.25) is 15.9 Å². The van der Waals surface area contributed by atoms with E-state index < -0.39 is 16.0 Å². The number of piperidine rings is 1. The molecule has 0 radical (unpaired) electrons. The number of fused-ring (bicyclic) bond motifs is 2. The smallest absolute Gasteiger partial charge is 0.339 e. The first-order valence-electron chi connectivity index (χ1n) is 11.3. The first-order chi connectivity index (χ1) is 14.8. The van der Waals surface area contributed by atoms with Crippen LogP contribution >= 0.6 is 0 Å². The third-order valence-corrected chi connectivity index (χ3v) is 9.50. The highest BCUT2D eigenvalue weighted by atomic mass is 32.2. The zero-order valence-electron chi connectivity index (χ0n) is 18.2. The maximum atomic E-state index is 13.1. The molecule has 2 aliphatic carbocycles. The summed E-state index contributed by atoms with van der Waals surface area (Å²) in [5.74, 6) is 1.37. The maximum Gasteiger partial charge on any atom is 0.339 e. The topological polar surface area (TPSA) is 92.8 Å². The van der Waals surface area contributed by atoms with Crippen molar-refractivity contribution in [2.24, 2.45) is 23.7 Å². The van der Waals surface area contributed by atoms with Crippen molar-refractivity contribution in [1.82, 2.24) is 9.62 Å². The Labute approximate surface area is 184 Å². The van der Waals surface area contributed by atoms with Crippen molar-refractivity contribution >= 4 is 21.9 Å². The van der Waals surface area contributed by atoms with Gasteiger partial charge in [-0.15, -0.1) is 0 Å². The molecule has 3 aliphatic rings. The number of rotatable bonds is 6. The quantitative estimate of drug-likeness (QED) is 0.676. The molecule has 2 bridgehead atoms. The van der Waals surface area contributed by atoms with Crippen LogP contribution in [0.1, 0.15) is 55.8 Å². The largest absolute Gasteiger partial charge is 0.465 e. The highest BCUT2D eigenvalue weighted by Gasteiger charge is 2.42. The SMILES string of the molecule is COC(=O)c1ccccc1S(=O)(=O)N1CCC(C(=O)N[C@@H](C)[C@H]2C[C@H]3CC[C@H]2C3)CC1. The molecule has 2 saturated carbocycles. The second-order valence-corrected chi connectivity index (χ2v) is 11.2. The second kappa shape index (κ2) is 8.90. The summed E-state index contributed by atoms with van der Waals surface area (Å²) in [6.45, 7) is 2.64. The number of ether oxygens (including phenoxy) is 1. The van der Waals surface area contributed by atoms with Crippen molar-refractivity contribution < 1.29 is 22.7 Å². The number of sulfonamides is 1. The average Bonchev–Trinajstić information content (AvgIpc) is 3.42. The molecule has 1 aromatic rings. The predicted molar refractivity (Wildman–Crippen MR) is 116 cm³/mol. The Hall–Kier alpha value is -1.93. The summed E-state index contributed by atoms with van der Waals surface area (Å²) in [5, 5.41) is 3.23. The molecular formula is C23H32N2O5S. The molecule has 4 atom stereocenters. The Bertz CT molecular complexity index is 939. The van der Waals surface area contributed by atoms with E-state index in [1.165, 1.54) is 49.2 Å². The molecule has 3 fully saturated rings. The van der Waals surface area contributed by atoms with Crippen LogP contribution in [0.3, 0.4) is 0 Å². The van der Waals surface area contributed by atoms with Gasteiger partial charge in [-0.05, 0) is 68.9 Å². The number of hydrogen-bond acceptors (Lipinski definition) is 5. The summed E-state index contributed by atoms with van der Waals surface area (Å²) >= 11 is 0. The van der Waals surface area contributed by atoms with Crippen LogP contribution < -0.4 is 5.32 Å². The van der Waals surface area contributed by atoms with Gasteiger partial charge in [0.25, 0.3) is 0 Å². The van der Waals surface area contributed by atoms with Crippen LogP contribution in [0, 0.1) is 23.7 Å². The molecule has 8 heteroatoms. The molecule has 1 saturated heterocycles.